The SMILES string of the molecule is CNc1ccc(OCc2ccoc2)cc1. The van der Waals surface area contributed by atoms with Crippen molar-refractivity contribution >= 4 is 5.69 Å². The highest BCUT2D eigenvalue weighted by molar-refractivity contribution is 5.45. The van der Waals surface area contributed by atoms with Crippen LogP contribution >= 0.6 is 0 Å². The lowest BCUT2D eigenvalue weighted by Crippen LogP contribution is -1.94. The van der Waals surface area contributed by atoms with E-state index in [-0.39, 0.29) is 0 Å². The predicted molar refractivity (Wildman–Crippen MR) is 59.0 cm³/mol. The average molecular weight is 203 g/mol. The van der Waals surface area contributed by atoms with Gasteiger partial charge in [-0.05, 0) is 30.3 Å². The third-order valence-corrected chi connectivity index (χ3v) is 2.13. The Morgan fingerprint density at radius 3 is 2.60 bits per heavy atom. The van der Waals surface area contributed by atoms with Crippen LogP contribution in [0, 0.1) is 0 Å². The first-order chi connectivity index (χ1) is 7.38. The van der Waals surface area contributed by atoms with Gasteiger partial charge in [0.05, 0.1) is 12.5 Å². The molecule has 2 rings (SSSR count). The van der Waals surface area contributed by atoms with E-state index < -0.39 is 0 Å². The topological polar surface area (TPSA) is 34.4 Å². The summed E-state index contributed by atoms with van der Waals surface area (Å²) in [5.74, 6) is 0.857. The van der Waals surface area contributed by atoms with Gasteiger partial charge in [-0.15, -0.1) is 0 Å². The van der Waals surface area contributed by atoms with E-state index in [0.29, 0.717) is 6.61 Å². The summed E-state index contributed by atoms with van der Waals surface area (Å²) >= 11 is 0. The number of ether oxygens (including phenoxy) is 1. The molecule has 3 nitrogen and oxygen atoms in total. The highest BCUT2D eigenvalue weighted by Gasteiger charge is 1.96. The smallest absolute Gasteiger partial charge is 0.119 e. The second kappa shape index (κ2) is 4.55. The van der Waals surface area contributed by atoms with Gasteiger partial charge >= 0.3 is 0 Å². The van der Waals surface area contributed by atoms with E-state index in [2.05, 4.69) is 5.32 Å². The Morgan fingerprint density at radius 2 is 2.00 bits per heavy atom. The third-order valence-electron chi connectivity index (χ3n) is 2.13. The summed E-state index contributed by atoms with van der Waals surface area (Å²) in [6.07, 6.45) is 3.32. The van der Waals surface area contributed by atoms with Gasteiger partial charge < -0.3 is 14.5 Å². The predicted octanol–water partition coefficient (Wildman–Crippen LogP) is 2.90. The molecular weight excluding hydrogens is 190 g/mol. The second-order valence-corrected chi connectivity index (χ2v) is 3.19. The molecule has 78 valence electrons. The van der Waals surface area contributed by atoms with Crippen molar-refractivity contribution < 1.29 is 9.15 Å². The van der Waals surface area contributed by atoms with Crippen LogP contribution in [-0.2, 0) is 6.61 Å². The molecule has 1 aromatic carbocycles. The minimum absolute atomic E-state index is 0.537. The molecule has 0 aliphatic rings. The molecule has 0 saturated carbocycles. The van der Waals surface area contributed by atoms with Gasteiger partial charge in [0, 0.05) is 18.3 Å². The molecule has 0 fully saturated rings. The second-order valence-electron chi connectivity index (χ2n) is 3.19. The van der Waals surface area contributed by atoms with E-state index >= 15 is 0 Å². The van der Waals surface area contributed by atoms with E-state index in [9.17, 15) is 0 Å². The summed E-state index contributed by atoms with van der Waals surface area (Å²) in [6.45, 7) is 0.537. The molecule has 15 heavy (non-hydrogen) atoms. The number of nitrogens with one attached hydrogen (secondary N) is 1. The Kier molecular flexibility index (Phi) is 2.93. The van der Waals surface area contributed by atoms with Crippen molar-refractivity contribution in [3.63, 3.8) is 0 Å². The van der Waals surface area contributed by atoms with Crippen LogP contribution in [0.25, 0.3) is 0 Å². The fourth-order valence-electron chi connectivity index (χ4n) is 1.26. The first kappa shape index (κ1) is 9.65. The molecule has 0 bridgehead atoms. The quantitative estimate of drug-likeness (QED) is 0.829. The van der Waals surface area contributed by atoms with Crippen LogP contribution in [0.2, 0.25) is 0 Å². The Balaban J connectivity index is 1.93. The van der Waals surface area contributed by atoms with Crippen LogP contribution in [0.15, 0.2) is 47.3 Å². The van der Waals surface area contributed by atoms with E-state index in [4.69, 9.17) is 9.15 Å². The molecule has 2 aromatic rings. The van der Waals surface area contributed by atoms with Gasteiger partial charge in [0.1, 0.15) is 12.4 Å². The lowest BCUT2D eigenvalue weighted by atomic mass is 10.3. The van der Waals surface area contributed by atoms with Crippen molar-refractivity contribution in [3.05, 3.63) is 48.4 Å². The van der Waals surface area contributed by atoms with Gasteiger partial charge in [-0.1, -0.05) is 0 Å². The highest BCUT2D eigenvalue weighted by atomic mass is 16.5. The maximum Gasteiger partial charge on any atom is 0.119 e. The van der Waals surface area contributed by atoms with E-state index in [0.717, 1.165) is 17.0 Å². The summed E-state index contributed by atoms with van der Waals surface area (Å²) < 4.78 is 10.5. The van der Waals surface area contributed by atoms with Crippen LogP contribution in [0.1, 0.15) is 5.56 Å². The number of anilines is 1. The van der Waals surface area contributed by atoms with Gasteiger partial charge in [0.15, 0.2) is 0 Å². The number of benzene rings is 1. The molecule has 0 saturated heterocycles. The Labute approximate surface area is 88.7 Å². The zero-order valence-electron chi connectivity index (χ0n) is 8.57. The molecule has 0 amide bonds. The van der Waals surface area contributed by atoms with Crippen molar-refractivity contribution in [2.24, 2.45) is 0 Å². The summed E-state index contributed by atoms with van der Waals surface area (Å²) in [4.78, 5) is 0. The summed E-state index contributed by atoms with van der Waals surface area (Å²) in [5.41, 5.74) is 2.11. The van der Waals surface area contributed by atoms with Crippen LogP contribution < -0.4 is 10.1 Å². The minimum Gasteiger partial charge on any atom is -0.489 e. The molecule has 1 heterocycles. The van der Waals surface area contributed by atoms with E-state index in [1.807, 2.05) is 37.4 Å². The van der Waals surface area contributed by atoms with Gasteiger partial charge in [-0.2, -0.15) is 0 Å². The largest absolute Gasteiger partial charge is 0.489 e. The van der Waals surface area contributed by atoms with Gasteiger partial charge in [0.25, 0.3) is 0 Å². The van der Waals surface area contributed by atoms with Crippen molar-refractivity contribution in [2.75, 3.05) is 12.4 Å². The molecule has 0 unspecified atom stereocenters. The lowest BCUT2D eigenvalue weighted by Gasteiger charge is -2.05. The van der Waals surface area contributed by atoms with Crippen molar-refractivity contribution in [2.45, 2.75) is 6.61 Å². The highest BCUT2D eigenvalue weighted by Crippen LogP contribution is 2.16. The van der Waals surface area contributed by atoms with Crippen molar-refractivity contribution in [1.29, 1.82) is 0 Å². The number of hydrogen-bond acceptors (Lipinski definition) is 3. The number of hydrogen-bond donors (Lipinski definition) is 1. The maximum absolute atomic E-state index is 5.56. The van der Waals surface area contributed by atoms with Gasteiger partial charge in [-0.3, -0.25) is 0 Å². The van der Waals surface area contributed by atoms with Gasteiger partial charge in [0.2, 0.25) is 0 Å². The molecule has 1 N–H and O–H groups in total. The van der Waals surface area contributed by atoms with E-state index in [1.165, 1.54) is 0 Å². The van der Waals surface area contributed by atoms with Crippen molar-refractivity contribution in [3.8, 4) is 5.75 Å². The Bertz CT molecular complexity index is 392. The van der Waals surface area contributed by atoms with Crippen molar-refractivity contribution in [1.82, 2.24) is 0 Å². The Hall–Kier alpha value is -1.90. The zero-order chi connectivity index (χ0) is 10.5. The van der Waals surface area contributed by atoms with Crippen LogP contribution in [0.5, 0.6) is 5.75 Å². The van der Waals surface area contributed by atoms with Crippen LogP contribution in [-0.4, -0.2) is 7.05 Å². The Morgan fingerprint density at radius 1 is 1.20 bits per heavy atom. The number of furan rings is 1. The lowest BCUT2D eigenvalue weighted by molar-refractivity contribution is 0.305. The minimum atomic E-state index is 0.537. The standard InChI is InChI=1S/C12H13NO2/c1-13-11-2-4-12(5-3-11)15-9-10-6-7-14-8-10/h2-8,13H,9H2,1H3. The summed E-state index contributed by atoms with van der Waals surface area (Å²) in [7, 11) is 1.89. The molecule has 0 aliphatic heterocycles. The fraction of sp³-hybridized carbons (Fsp3) is 0.167. The normalized spacial score (nSPS) is 9.93. The molecule has 3 heteroatoms. The first-order valence-electron chi connectivity index (χ1n) is 4.80. The first-order valence-corrected chi connectivity index (χ1v) is 4.80. The maximum atomic E-state index is 5.56. The molecule has 0 radical (unpaired) electrons. The van der Waals surface area contributed by atoms with Gasteiger partial charge in [-0.25, -0.2) is 0 Å². The third kappa shape index (κ3) is 2.53. The molecule has 1 aromatic heterocycles. The summed E-state index contributed by atoms with van der Waals surface area (Å²) in [6, 6.07) is 9.72. The molecule has 0 spiro atoms. The number of rotatable bonds is 4. The van der Waals surface area contributed by atoms with Crippen LogP contribution in [0.3, 0.4) is 0 Å². The zero-order valence-corrected chi connectivity index (χ0v) is 8.57. The molecule has 0 atom stereocenters. The average Bonchev–Trinajstić information content (AvgIpc) is 2.80. The summed E-state index contributed by atoms with van der Waals surface area (Å²) in [5, 5.41) is 3.05. The monoisotopic (exact) mass is 203 g/mol. The van der Waals surface area contributed by atoms with E-state index in [1.54, 1.807) is 12.5 Å². The fourth-order valence-corrected chi connectivity index (χ4v) is 1.26. The molecule has 0 aliphatic carbocycles. The van der Waals surface area contributed by atoms with Crippen LogP contribution in [0.4, 0.5) is 5.69 Å². The molecular formula is C12H13NO2.